The van der Waals surface area contributed by atoms with E-state index < -0.39 is 0 Å². The van der Waals surface area contributed by atoms with Crippen LogP contribution >= 0.6 is 12.6 Å². The number of rotatable bonds is 2. The van der Waals surface area contributed by atoms with Crippen molar-refractivity contribution in [2.75, 3.05) is 6.61 Å². The van der Waals surface area contributed by atoms with E-state index in [2.05, 4.69) is 19.2 Å². The fraction of sp³-hybridized carbons (Fsp3) is 0.500. The molecule has 0 aliphatic heterocycles. The molecule has 0 saturated heterocycles. The molecule has 0 spiro atoms. The summed E-state index contributed by atoms with van der Waals surface area (Å²) in [5, 5.41) is 0.484. The highest BCUT2D eigenvalue weighted by molar-refractivity contribution is 7.84. The first kappa shape index (κ1) is 5.89. The summed E-state index contributed by atoms with van der Waals surface area (Å²) in [6.45, 7) is 5.93. The Hall–Kier alpha value is -0.110. The van der Waals surface area contributed by atoms with Gasteiger partial charge >= 0.3 is 0 Å². The van der Waals surface area contributed by atoms with Crippen molar-refractivity contribution in [2.45, 2.75) is 6.92 Å². The lowest BCUT2D eigenvalue weighted by Crippen LogP contribution is -1.79. The Morgan fingerprint density at radius 1 is 2.00 bits per heavy atom. The minimum atomic E-state index is 0.484. The molecule has 0 aromatic heterocycles. The van der Waals surface area contributed by atoms with Gasteiger partial charge in [0.05, 0.1) is 6.61 Å². The number of thiol groups is 1. The van der Waals surface area contributed by atoms with Gasteiger partial charge in [0.2, 0.25) is 0 Å². The maximum atomic E-state index is 4.71. The van der Waals surface area contributed by atoms with Gasteiger partial charge in [0.1, 0.15) is 5.09 Å². The Labute approximate surface area is 43.4 Å². The minimum Gasteiger partial charge on any atom is -0.489 e. The summed E-state index contributed by atoms with van der Waals surface area (Å²) < 4.78 is 4.71. The van der Waals surface area contributed by atoms with Crippen molar-refractivity contribution < 1.29 is 4.74 Å². The summed E-state index contributed by atoms with van der Waals surface area (Å²) in [5.41, 5.74) is 0. The third-order valence-corrected chi connectivity index (χ3v) is 0.440. The fourth-order valence-electron chi connectivity index (χ4n) is 0.167. The maximum Gasteiger partial charge on any atom is 0.142 e. The Kier molecular flexibility index (Phi) is 3.04. The normalized spacial score (nSPS) is 7.67. The smallest absolute Gasteiger partial charge is 0.142 e. The predicted octanol–water partition coefficient (Wildman–Crippen LogP) is 1.42. The first-order valence-corrected chi connectivity index (χ1v) is 2.22. The van der Waals surface area contributed by atoms with E-state index in [1.54, 1.807) is 0 Å². The topological polar surface area (TPSA) is 9.23 Å². The molecule has 1 nitrogen and oxygen atoms in total. The van der Waals surface area contributed by atoms with E-state index in [9.17, 15) is 0 Å². The van der Waals surface area contributed by atoms with E-state index >= 15 is 0 Å². The van der Waals surface area contributed by atoms with Gasteiger partial charge in [-0.25, -0.2) is 0 Å². The summed E-state index contributed by atoms with van der Waals surface area (Å²) in [4.78, 5) is 0. The van der Waals surface area contributed by atoms with Crippen molar-refractivity contribution in [3.63, 3.8) is 0 Å². The van der Waals surface area contributed by atoms with Crippen LogP contribution in [-0.2, 0) is 4.74 Å². The van der Waals surface area contributed by atoms with Gasteiger partial charge in [-0.15, -0.1) is 12.6 Å². The van der Waals surface area contributed by atoms with Crippen molar-refractivity contribution >= 4 is 12.6 Å². The van der Waals surface area contributed by atoms with Gasteiger partial charge in [0.15, 0.2) is 0 Å². The SMILES string of the molecule is C=C(S)OCC. The molecule has 0 saturated carbocycles. The molecule has 0 heterocycles. The number of hydrogen-bond acceptors (Lipinski definition) is 2. The Balaban J connectivity index is 2.83. The molecular formula is C4H8OS. The molecule has 0 aliphatic rings. The molecule has 0 fully saturated rings. The first-order valence-electron chi connectivity index (χ1n) is 1.78. The Bertz CT molecular complexity index is 51.5. The molecule has 0 amide bonds. The first-order chi connectivity index (χ1) is 2.77. The van der Waals surface area contributed by atoms with Crippen LogP contribution in [0.15, 0.2) is 11.7 Å². The van der Waals surface area contributed by atoms with Gasteiger partial charge in [0.25, 0.3) is 0 Å². The average Bonchev–Trinajstić information content (AvgIpc) is 1.35. The van der Waals surface area contributed by atoms with Gasteiger partial charge in [0, 0.05) is 0 Å². The Morgan fingerprint density at radius 2 is 2.50 bits per heavy atom. The number of ether oxygens (including phenoxy) is 1. The Morgan fingerprint density at radius 3 is 2.50 bits per heavy atom. The lowest BCUT2D eigenvalue weighted by atomic mass is 10.9. The molecule has 2 heteroatoms. The van der Waals surface area contributed by atoms with Crippen LogP contribution in [-0.4, -0.2) is 6.61 Å². The van der Waals surface area contributed by atoms with Crippen molar-refractivity contribution in [3.8, 4) is 0 Å². The molecule has 0 aliphatic carbocycles. The zero-order valence-corrected chi connectivity index (χ0v) is 4.66. The van der Waals surface area contributed by atoms with Crippen LogP contribution in [0.2, 0.25) is 0 Å². The molecule has 0 rings (SSSR count). The molecule has 0 aromatic rings. The van der Waals surface area contributed by atoms with Crippen molar-refractivity contribution in [1.82, 2.24) is 0 Å². The monoisotopic (exact) mass is 104 g/mol. The molecule has 0 N–H and O–H groups in total. The molecule has 0 radical (unpaired) electrons. The second-order valence-corrected chi connectivity index (χ2v) is 1.33. The summed E-state index contributed by atoms with van der Waals surface area (Å²) in [5.74, 6) is 0. The van der Waals surface area contributed by atoms with E-state index in [4.69, 9.17) is 4.74 Å². The number of hydrogen-bond donors (Lipinski definition) is 1. The summed E-state index contributed by atoms with van der Waals surface area (Å²) in [6, 6.07) is 0. The molecule has 0 aromatic carbocycles. The van der Waals surface area contributed by atoms with Crippen molar-refractivity contribution in [2.24, 2.45) is 0 Å². The van der Waals surface area contributed by atoms with E-state index in [0.29, 0.717) is 11.7 Å². The van der Waals surface area contributed by atoms with Crippen LogP contribution in [0.3, 0.4) is 0 Å². The van der Waals surface area contributed by atoms with Crippen LogP contribution < -0.4 is 0 Å². The zero-order chi connectivity index (χ0) is 4.99. The van der Waals surface area contributed by atoms with Gasteiger partial charge in [-0.1, -0.05) is 6.58 Å². The molecular weight excluding hydrogens is 96.1 g/mol. The fourth-order valence-corrected chi connectivity index (χ4v) is 0.296. The van der Waals surface area contributed by atoms with Crippen LogP contribution in [0.4, 0.5) is 0 Å². The molecule has 0 unspecified atom stereocenters. The third-order valence-electron chi connectivity index (χ3n) is 0.311. The van der Waals surface area contributed by atoms with Gasteiger partial charge in [-0.2, -0.15) is 0 Å². The van der Waals surface area contributed by atoms with E-state index in [0.717, 1.165) is 0 Å². The van der Waals surface area contributed by atoms with Crippen LogP contribution in [0, 0.1) is 0 Å². The maximum absolute atomic E-state index is 4.71. The quantitative estimate of drug-likeness (QED) is 0.412. The zero-order valence-electron chi connectivity index (χ0n) is 3.77. The average molecular weight is 104 g/mol. The van der Waals surface area contributed by atoms with Crippen molar-refractivity contribution in [3.05, 3.63) is 11.7 Å². The van der Waals surface area contributed by atoms with Crippen LogP contribution in [0.1, 0.15) is 6.92 Å². The molecule has 6 heavy (non-hydrogen) atoms. The molecule has 0 atom stereocenters. The standard InChI is InChI=1S/C4H8OS/c1-3-5-4(2)6/h6H,2-3H2,1H3. The highest BCUT2D eigenvalue weighted by Crippen LogP contribution is 1.94. The second-order valence-electron chi connectivity index (χ2n) is 0.827. The predicted molar refractivity (Wildman–Crippen MR) is 29.8 cm³/mol. The van der Waals surface area contributed by atoms with Crippen LogP contribution in [0.25, 0.3) is 0 Å². The second kappa shape index (κ2) is 3.09. The van der Waals surface area contributed by atoms with E-state index in [1.807, 2.05) is 6.92 Å². The summed E-state index contributed by atoms with van der Waals surface area (Å²) in [6.07, 6.45) is 0. The van der Waals surface area contributed by atoms with E-state index in [1.165, 1.54) is 0 Å². The lowest BCUT2D eigenvalue weighted by molar-refractivity contribution is 0.260. The molecule has 0 bridgehead atoms. The van der Waals surface area contributed by atoms with Crippen molar-refractivity contribution in [1.29, 1.82) is 0 Å². The van der Waals surface area contributed by atoms with Crippen LogP contribution in [0.5, 0.6) is 0 Å². The third kappa shape index (κ3) is 3.89. The summed E-state index contributed by atoms with van der Waals surface area (Å²) in [7, 11) is 0. The van der Waals surface area contributed by atoms with E-state index in [-0.39, 0.29) is 0 Å². The highest BCUT2D eigenvalue weighted by atomic mass is 32.1. The lowest BCUT2D eigenvalue weighted by Gasteiger charge is -1.94. The molecule has 36 valence electrons. The van der Waals surface area contributed by atoms with Gasteiger partial charge < -0.3 is 4.74 Å². The van der Waals surface area contributed by atoms with Gasteiger partial charge in [-0.3, -0.25) is 0 Å². The summed E-state index contributed by atoms with van der Waals surface area (Å²) >= 11 is 3.76. The largest absolute Gasteiger partial charge is 0.489 e. The van der Waals surface area contributed by atoms with Gasteiger partial charge in [-0.05, 0) is 6.92 Å². The highest BCUT2D eigenvalue weighted by Gasteiger charge is 1.74. The minimum absolute atomic E-state index is 0.484.